The van der Waals surface area contributed by atoms with Gasteiger partial charge in [-0.3, -0.25) is 9.78 Å². The van der Waals surface area contributed by atoms with Crippen LogP contribution in [0.1, 0.15) is 16.1 Å². The van der Waals surface area contributed by atoms with Gasteiger partial charge in [0, 0.05) is 17.5 Å². The number of rotatable bonds is 4. The molecule has 0 saturated carbocycles. The second-order valence-electron chi connectivity index (χ2n) is 3.99. The molecule has 0 radical (unpaired) electrons. The van der Waals surface area contributed by atoms with E-state index < -0.39 is 6.36 Å². The van der Waals surface area contributed by atoms with Crippen LogP contribution < -0.4 is 4.74 Å². The first-order valence-corrected chi connectivity index (χ1v) is 5.73. The average Bonchev–Trinajstić information content (AvgIpc) is 2.39. The fraction of sp³-hybridized carbons (Fsp3) is 0.143. The average molecular weight is 281 g/mol. The lowest BCUT2D eigenvalue weighted by Gasteiger charge is -2.08. The van der Waals surface area contributed by atoms with E-state index in [0.29, 0.717) is 11.3 Å². The first kappa shape index (κ1) is 14.0. The van der Waals surface area contributed by atoms with E-state index in [1.165, 1.54) is 12.1 Å². The van der Waals surface area contributed by atoms with Crippen molar-refractivity contribution in [2.75, 3.05) is 0 Å². The molecule has 0 N–H and O–H groups in total. The number of aromatic nitrogens is 1. The Hall–Kier alpha value is -2.37. The molecule has 1 aromatic carbocycles. The molecule has 0 saturated heterocycles. The summed E-state index contributed by atoms with van der Waals surface area (Å²) in [6, 6.07) is 10.0. The summed E-state index contributed by atoms with van der Waals surface area (Å²) in [6.07, 6.45) is -3.07. The molecule has 0 aliphatic heterocycles. The number of benzene rings is 1. The Morgan fingerprint density at radius 2 is 1.80 bits per heavy atom. The SMILES string of the molecule is O=C(Cc1ccccn1)c1ccc(OC(F)(F)F)cc1. The van der Waals surface area contributed by atoms with Gasteiger partial charge in [0.2, 0.25) is 0 Å². The highest BCUT2D eigenvalue weighted by Crippen LogP contribution is 2.23. The lowest BCUT2D eigenvalue weighted by molar-refractivity contribution is -0.274. The molecule has 3 nitrogen and oxygen atoms in total. The Morgan fingerprint density at radius 3 is 2.35 bits per heavy atom. The largest absolute Gasteiger partial charge is 0.573 e. The molecule has 0 aliphatic carbocycles. The van der Waals surface area contributed by atoms with Crippen molar-refractivity contribution in [3.8, 4) is 5.75 Å². The third-order valence-electron chi connectivity index (χ3n) is 2.48. The maximum absolute atomic E-state index is 12.0. The number of ether oxygens (including phenoxy) is 1. The van der Waals surface area contributed by atoms with Gasteiger partial charge in [0.15, 0.2) is 5.78 Å². The van der Waals surface area contributed by atoms with Crippen LogP contribution in [0.25, 0.3) is 0 Å². The van der Waals surface area contributed by atoms with E-state index in [4.69, 9.17) is 0 Å². The van der Waals surface area contributed by atoms with Crippen molar-refractivity contribution in [3.63, 3.8) is 0 Å². The standard InChI is InChI=1S/C14H10F3NO2/c15-14(16,17)20-12-6-4-10(5-7-12)13(19)9-11-3-1-2-8-18-11/h1-8H,9H2. The third-order valence-corrected chi connectivity index (χ3v) is 2.48. The van der Waals surface area contributed by atoms with E-state index in [-0.39, 0.29) is 18.0 Å². The summed E-state index contributed by atoms with van der Waals surface area (Å²) < 4.78 is 39.7. The van der Waals surface area contributed by atoms with Crippen LogP contribution in [0.2, 0.25) is 0 Å². The van der Waals surface area contributed by atoms with Crippen molar-refractivity contribution in [1.82, 2.24) is 4.98 Å². The number of halogens is 3. The Balaban J connectivity index is 2.04. The molecular formula is C14H10F3NO2. The highest BCUT2D eigenvalue weighted by molar-refractivity contribution is 5.97. The summed E-state index contributed by atoms with van der Waals surface area (Å²) in [5, 5.41) is 0. The molecule has 0 aliphatic rings. The van der Waals surface area contributed by atoms with Crippen molar-refractivity contribution >= 4 is 5.78 Å². The maximum atomic E-state index is 12.0. The van der Waals surface area contributed by atoms with Crippen molar-refractivity contribution in [1.29, 1.82) is 0 Å². The van der Waals surface area contributed by atoms with E-state index >= 15 is 0 Å². The number of carbonyl (C=O) groups is 1. The minimum absolute atomic E-state index is 0.0975. The molecule has 20 heavy (non-hydrogen) atoms. The molecule has 1 heterocycles. The van der Waals surface area contributed by atoms with Crippen LogP contribution in [0, 0.1) is 0 Å². The molecule has 1 aromatic heterocycles. The number of hydrogen-bond donors (Lipinski definition) is 0. The lowest BCUT2D eigenvalue weighted by Crippen LogP contribution is -2.17. The van der Waals surface area contributed by atoms with Gasteiger partial charge < -0.3 is 4.74 Å². The van der Waals surface area contributed by atoms with E-state index in [2.05, 4.69) is 9.72 Å². The van der Waals surface area contributed by atoms with Gasteiger partial charge in [-0.05, 0) is 36.4 Å². The number of Topliss-reactive ketones (excluding diaryl/α,β-unsaturated/α-hetero) is 1. The zero-order valence-electron chi connectivity index (χ0n) is 10.2. The highest BCUT2D eigenvalue weighted by atomic mass is 19.4. The van der Waals surface area contributed by atoms with Gasteiger partial charge in [-0.25, -0.2) is 0 Å². The first-order chi connectivity index (χ1) is 9.44. The van der Waals surface area contributed by atoms with Crippen molar-refractivity contribution < 1.29 is 22.7 Å². The Bertz CT molecular complexity index is 580. The van der Waals surface area contributed by atoms with E-state index in [1.54, 1.807) is 24.4 Å². The minimum Gasteiger partial charge on any atom is -0.406 e. The number of nitrogens with zero attached hydrogens (tertiary/aromatic N) is 1. The maximum Gasteiger partial charge on any atom is 0.573 e. The summed E-state index contributed by atoms with van der Waals surface area (Å²) >= 11 is 0. The van der Waals surface area contributed by atoms with Crippen LogP contribution in [0.5, 0.6) is 5.75 Å². The number of pyridine rings is 1. The van der Waals surface area contributed by atoms with Crippen molar-refractivity contribution in [2.45, 2.75) is 12.8 Å². The van der Waals surface area contributed by atoms with Crippen LogP contribution in [-0.4, -0.2) is 17.1 Å². The fourth-order valence-corrected chi connectivity index (χ4v) is 1.61. The zero-order valence-corrected chi connectivity index (χ0v) is 10.2. The molecule has 0 unspecified atom stereocenters. The molecule has 104 valence electrons. The van der Waals surface area contributed by atoms with Crippen LogP contribution in [0.3, 0.4) is 0 Å². The molecule has 6 heteroatoms. The van der Waals surface area contributed by atoms with E-state index in [9.17, 15) is 18.0 Å². The molecule has 0 atom stereocenters. The molecule has 0 amide bonds. The number of ketones is 1. The first-order valence-electron chi connectivity index (χ1n) is 5.73. The smallest absolute Gasteiger partial charge is 0.406 e. The van der Waals surface area contributed by atoms with Gasteiger partial charge in [0.05, 0.1) is 6.42 Å². The van der Waals surface area contributed by atoms with Gasteiger partial charge in [-0.1, -0.05) is 6.07 Å². The summed E-state index contributed by atoms with van der Waals surface area (Å²) in [5.41, 5.74) is 0.915. The van der Waals surface area contributed by atoms with Gasteiger partial charge in [-0.15, -0.1) is 13.2 Å². The number of carbonyl (C=O) groups excluding carboxylic acids is 1. The summed E-state index contributed by atoms with van der Waals surface area (Å²) in [7, 11) is 0. The van der Waals surface area contributed by atoms with E-state index in [1.807, 2.05) is 0 Å². The van der Waals surface area contributed by atoms with Gasteiger partial charge in [0.1, 0.15) is 5.75 Å². The van der Waals surface area contributed by atoms with Crippen LogP contribution in [0.4, 0.5) is 13.2 Å². The van der Waals surface area contributed by atoms with Gasteiger partial charge >= 0.3 is 6.36 Å². The quantitative estimate of drug-likeness (QED) is 0.806. The van der Waals surface area contributed by atoms with Crippen molar-refractivity contribution in [3.05, 3.63) is 59.9 Å². The molecule has 0 bridgehead atoms. The predicted molar refractivity (Wildman–Crippen MR) is 65.4 cm³/mol. The highest BCUT2D eigenvalue weighted by Gasteiger charge is 2.31. The fourth-order valence-electron chi connectivity index (χ4n) is 1.61. The Morgan fingerprint density at radius 1 is 1.10 bits per heavy atom. The normalized spacial score (nSPS) is 11.2. The van der Waals surface area contributed by atoms with Gasteiger partial charge in [0.25, 0.3) is 0 Å². The molecular weight excluding hydrogens is 271 g/mol. The third kappa shape index (κ3) is 4.08. The predicted octanol–water partition coefficient (Wildman–Crippen LogP) is 3.41. The Kier molecular flexibility index (Phi) is 4.02. The van der Waals surface area contributed by atoms with Gasteiger partial charge in [-0.2, -0.15) is 0 Å². The molecule has 0 fully saturated rings. The molecule has 0 spiro atoms. The minimum atomic E-state index is -4.74. The number of alkyl halides is 3. The molecule has 2 aromatic rings. The monoisotopic (exact) mass is 281 g/mol. The Labute approximate surface area is 113 Å². The topological polar surface area (TPSA) is 39.2 Å². The zero-order chi connectivity index (χ0) is 14.6. The summed E-state index contributed by atoms with van der Waals surface area (Å²) in [5.74, 6) is -0.575. The summed E-state index contributed by atoms with van der Waals surface area (Å²) in [4.78, 5) is 15.9. The second kappa shape index (κ2) is 5.73. The second-order valence-corrected chi connectivity index (χ2v) is 3.99. The lowest BCUT2D eigenvalue weighted by atomic mass is 10.1. The van der Waals surface area contributed by atoms with E-state index in [0.717, 1.165) is 12.1 Å². The van der Waals surface area contributed by atoms with Crippen LogP contribution in [-0.2, 0) is 6.42 Å². The summed E-state index contributed by atoms with van der Waals surface area (Å²) in [6.45, 7) is 0. The van der Waals surface area contributed by atoms with Crippen LogP contribution in [0.15, 0.2) is 48.7 Å². The van der Waals surface area contributed by atoms with Crippen molar-refractivity contribution in [2.24, 2.45) is 0 Å². The number of hydrogen-bond acceptors (Lipinski definition) is 3. The van der Waals surface area contributed by atoms with Crippen LogP contribution >= 0.6 is 0 Å². The molecule has 2 rings (SSSR count).